The fourth-order valence-electron chi connectivity index (χ4n) is 4.03. The van der Waals surface area contributed by atoms with Crippen LogP contribution in [0.25, 0.3) is 16.9 Å². The van der Waals surface area contributed by atoms with Gasteiger partial charge in [-0.3, -0.25) is 9.20 Å². The third kappa shape index (κ3) is 4.83. The van der Waals surface area contributed by atoms with E-state index in [1.54, 1.807) is 23.2 Å². The Morgan fingerprint density at radius 3 is 2.65 bits per heavy atom. The molecular weight excluding hydrogens is 439 g/mol. The Hall–Kier alpha value is -3.62. The number of rotatable bonds is 4. The molecule has 0 unspecified atom stereocenters. The Morgan fingerprint density at radius 1 is 1.21 bits per heavy atom. The molecule has 0 aliphatic carbocycles. The first-order valence-corrected chi connectivity index (χ1v) is 11.1. The topological polar surface area (TPSA) is 76.4 Å². The van der Waals surface area contributed by atoms with Crippen LogP contribution in [0.5, 0.6) is 5.75 Å². The highest BCUT2D eigenvalue weighted by Crippen LogP contribution is 2.26. The molecule has 4 rings (SSSR count). The molecule has 1 fully saturated rings. The Labute approximate surface area is 197 Å². The Kier molecular flexibility index (Phi) is 6.20. The molecule has 1 aromatic carbocycles. The lowest BCUT2D eigenvalue weighted by molar-refractivity contribution is 0.0292. The van der Waals surface area contributed by atoms with Gasteiger partial charge in [0.1, 0.15) is 11.2 Å². The number of anilines is 1. The lowest BCUT2D eigenvalue weighted by atomic mass is 10.1. The zero-order valence-electron chi connectivity index (χ0n) is 20.0. The fraction of sp³-hybridized carbons (Fsp3) is 0.400. The van der Waals surface area contributed by atoms with Gasteiger partial charge in [-0.1, -0.05) is 0 Å². The van der Waals surface area contributed by atoms with Crippen molar-refractivity contribution in [3.05, 3.63) is 58.8 Å². The fourth-order valence-corrected chi connectivity index (χ4v) is 4.03. The minimum absolute atomic E-state index is 0.0928. The van der Waals surface area contributed by atoms with E-state index in [4.69, 9.17) is 9.47 Å². The minimum Gasteiger partial charge on any atom is -0.494 e. The SMILES string of the molecule is COc1ccc(-c2cc(=O)n3cc(N(C)[C@@H]4CCN(C(=O)OC(C)(C)C)C4)ccc3n2)cc1F. The van der Waals surface area contributed by atoms with Gasteiger partial charge in [0.2, 0.25) is 0 Å². The van der Waals surface area contributed by atoms with Crippen LogP contribution < -0.4 is 15.2 Å². The average molecular weight is 469 g/mol. The van der Waals surface area contributed by atoms with Crippen molar-refractivity contribution >= 4 is 17.4 Å². The van der Waals surface area contributed by atoms with E-state index in [9.17, 15) is 14.0 Å². The number of likely N-dealkylation sites (tertiary alicyclic amines) is 1. The van der Waals surface area contributed by atoms with E-state index in [0.29, 0.717) is 30.0 Å². The van der Waals surface area contributed by atoms with Crippen LogP contribution in [0.15, 0.2) is 47.4 Å². The molecule has 3 aromatic rings. The number of amides is 1. The largest absolute Gasteiger partial charge is 0.494 e. The molecule has 2 aromatic heterocycles. The molecule has 180 valence electrons. The van der Waals surface area contributed by atoms with Crippen LogP contribution in [0.3, 0.4) is 0 Å². The van der Waals surface area contributed by atoms with Gasteiger partial charge in [0.05, 0.1) is 18.5 Å². The van der Waals surface area contributed by atoms with Crippen molar-refractivity contribution in [2.24, 2.45) is 0 Å². The monoisotopic (exact) mass is 468 g/mol. The molecule has 1 aliphatic rings. The van der Waals surface area contributed by atoms with Crippen LogP contribution >= 0.6 is 0 Å². The number of benzene rings is 1. The number of hydrogen-bond acceptors (Lipinski definition) is 6. The number of nitrogens with zero attached hydrogens (tertiary/aromatic N) is 4. The van der Waals surface area contributed by atoms with E-state index in [-0.39, 0.29) is 23.4 Å². The first-order chi connectivity index (χ1) is 16.1. The predicted octanol–water partition coefficient (Wildman–Crippen LogP) is 3.95. The first kappa shape index (κ1) is 23.5. The molecule has 0 radical (unpaired) electrons. The highest BCUT2D eigenvalue weighted by molar-refractivity contribution is 5.69. The van der Waals surface area contributed by atoms with Crippen LogP contribution in [-0.4, -0.2) is 59.3 Å². The smallest absolute Gasteiger partial charge is 0.410 e. The molecule has 0 bridgehead atoms. The number of methoxy groups -OCH3 is 1. The number of likely N-dealkylation sites (N-methyl/N-ethyl adjacent to an activating group) is 1. The summed E-state index contributed by atoms with van der Waals surface area (Å²) < 4.78 is 26.0. The highest BCUT2D eigenvalue weighted by atomic mass is 19.1. The molecule has 8 nitrogen and oxygen atoms in total. The van der Waals surface area contributed by atoms with Crippen molar-refractivity contribution in [3.63, 3.8) is 0 Å². The molecule has 9 heteroatoms. The van der Waals surface area contributed by atoms with Gasteiger partial charge in [0.15, 0.2) is 11.6 Å². The summed E-state index contributed by atoms with van der Waals surface area (Å²) in [6.45, 7) is 6.70. The van der Waals surface area contributed by atoms with Gasteiger partial charge < -0.3 is 19.3 Å². The normalized spacial score (nSPS) is 16.1. The van der Waals surface area contributed by atoms with Gasteiger partial charge in [0, 0.05) is 44.0 Å². The molecule has 0 N–H and O–H groups in total. The van der Waals surface area contributed by atoms with Crippen LogP contribution in [0, 0.1) is 5.82 Å². The third-order valence-electron chi connectivity index (χ3n) is 5.86. The van der Waals surface area contributed by atoms with Gasteiger partial charge in [0.25, 0.3) is 5.56 Å². The number of halogens is 1. The summed E-state index contributed by atoms with van der Waals surface area (Å²) in [7, 11) is 3.34. The van der Waals surface area contributed by atoms with E-state index >= 15 is 0 Å². The van der Waals surface area contributed by atoms with Crippen LogP contribution in [0.1, 0.15) is 27.2 Å². The van der Waals surface area contributed by atoms with Crippen molar-refractivity contribution in [1.29, 1.82) is 0 Å². The van der Waals surface area contributed by atoms with Gasteiger partial charge in [-0.2, -0.15) is 0 Å². The lowest BCUT2D eigenvalue weighted by Crippen LogP contribution is -2.39. The number of fused-ring (bicyclic) bond motifs is 1. The summed E-state index contributed by atoms with van der Waals surface area (Å²) in [6, 6.07) is 9.60. The summed E-state index contributed by atoms with van der Waals surface area (Å²) >= 11 is 0. The summed E-state index contributed by atoms with van der Waals surface area (Å²) in [6.07, 6.45) is 2.21. The molecule has 34 heavy (non-hydrogen) atoms. The maximum atomic E-state index is 14.1. The van der Waals surface area contributed by atoms with Crippen molar-refractivity contribution in [2.75, 3.05) is 32.1 Å². The summed E-state index contributed by atoms with van der Waals surface area (Å²) in [4.78, 5) is 33.6. The van der Waals surface area contributed by atoms with Crippen molar-refractivity contribution < 1.29 is 18.7 Å². The third-order valence-corrected chi connectivity index (χ3v) is 5.86. The second-order valence-electron chi connectivity index (χ2n) is 9.42. The molecule has 1 amide bonds. The first-order valence-electron chi connectivity index (χ1n) is 11.1. The molecule has 3 heterocycles. The Bertz CT molecular complexity index is 1280. The highest BCUT2D eigenvalue weighted by Gasteiger charge is 2.32. The number of ether oxygens (including phenoxy) is 2. The number of carbonyl (C=O) groups is 1. The molecule has 1 atom stereocenters. The van der Waals surface area contributed by atoms with E-state index in [2.05, 4.69) is 9.88 Å². The lowest BCUT2D eigenvalue weighted by Gasteiger charge is -2.28. The summed E-state index contributed by atoms with van der Waals surface area (Å²) in [5.41, 5.74) is 1.36. The second-order valence-corrected chi connectivity index (χ2v) is 9.42. The average Bonchev–Trinajstić information content (AvgIpc) is 3.28. The quantitative estimate of drug-likeness (QED) is 0.577. The second kappa shape index (κ2) is 8.96. The summed E-state index contributed by atoms with van der Waals surface area (Å²) in [5, 5.41) is 0. The van der Waals surface area contributed by atoms with Gasteiger partial charge in [-0.25, -0.2) is 14.2 Å². The summed E-state index contributed by atoms with van der Waals surface area (Å²) in [5.74, 6) is -0.387. The van der Waals surface area contributed by atoms with Gasteiger partial charge in [-0.15, -0.1) is 0 Å². The van der Waals surface area contributed by atoms with Crippen molar-refractivity contribution in [3.8, 4) is 17.0 Å². The predicted molar refractivity (Wildman–Crippen MR) is 128 cm³/mol. The van der Waals surface area contributed by atoms with E-state index < -0.39 is 11.4 Å². The van der Waals surface area contributed by atoms with Crippen LogP contribution in [0.2, 0.25) is 0 Å². The van der Waals surface area contributed by atoms with Crippen LogP contribution in [0.4, 0.5) is 14.9 Å². The Morgan fingerprint density at radius 2 is 1.97 bits per heavy atom. The maximum absolute atomic E-state index is 14.1. The minimum atomic E-state index is -0.538. The van der Waals surface area contributed by atoms with Crippen LogP contribution in [-0.2, 0) is 4.74 Å². The molecule has 0 saturated carbocycles. The van der Waals surface area contributed by atoms with Crippen molar-refractivity contribution in [2.45, 2.75) is 38.8 Å². The number of pyridine rings is 1. The molecular formula is C25H29FN4O4. The molecule has 0 spiro atoms. The van der Waals surface area contributed by atoms with Crippen molar-refractivity contribution in [1.82, 2.24) is 14.3 Å². The zero-order valence-corrected chi connectivity index (χ0v) is 20.0. The van der Waals surface area contributed by atoms with Gasteiger partial charge >= 0.3 is 6.09 Å². The number of aromatic nitrogens is 2. The van der Waals surface area contributed by atoms with E-state index in [1.165, 1.54) is 29.7 Å². The van der Waals surface area contributed by atoms with E-state index in [1.807, 2.05) is 33.9 Å². The maximum Gasteiger partial charge on any atom is 0.410 e. The standard InChI is InChI=1S/C25H29FN4O4/c1-25(2,3)34-24(32)29-11-10-18(14-29)28(4)17-7-9-22-27-20(13-23(31)30(22)15-17)16-6-8-21(33-5)19(26)12-16/h6-9,12-13,15,18H,10-11,14H2,1-5H3/t18-/m1/s1. The Balaban J connectivity index is 1.55. The number of carbonyl (C=O) groups excluding carboxylic acids is 1. The van der Waals surface area contributed by atoms with Gasteiger partial charge in [-0.05, 0) is 57.5 Å². The molecule has 1 aliphatic heterocycles. The zero-order chi connectivity index (χ0) is 24.6. The number of hydrogen-bond donors (Lipinski definition) is 0. The molecule has 1 saturated heterocycles. The van der Waals surface area contributed by atoms with E-state index in [0.717, 1.165) is 12.1 Å².